The molecular formula is C23H21FN2O6. The molecule has 0 aliphatic carbocycles. The summed E-state index contributed by atoms with van der Waals surface area (Å²) in [6.45, 7) is 0.0794. The number of carbonyl (C=O) groups excluding carboxylic acids is 3. The Morgan fingerprint density at radius 1 is 1.12 bits per heavy atom. The first-order valence-electron chi connectivity index (χ1n) is 9.77. The fourth-order valence-electron chi connectivity index (χ4n) is 3.42. The van der Waals surface area contributed by atoms with Crippen molar-refractivity contribution in [2.45, 2.75) is 18.9 Å². The van der Waals surface area contributed by atoms with Gasteiger partial charge in [-0.15, -0.1) is 0 Å². The summed E-state index contributed by atoms with van der Waals surface area (Å²) in [5, 5.41) is 8.84. The zero-order valence-corrected chi connectivity index (χ0v) is 17.2. The second kappa shape index (κ2) is 9.86. The Morgan fingerprint density at radius 2 is 1.78 bits per heavy atom. The lowest BCUT2D eigenvalue weighted by Crippen LogP contribution is -2.46. The molecule has 9 heteroatoms. The highest BCUT2D eigenvalue weighted by Gasteiger charge is 2.43. The topological polar surface area (TPSA) is 104 Å². The van der Waals surface area contributed by atoms with Gasteiger partial charge in [-0.05, 0) is 48.4 Å². The number of methoxy groups -OCH3 is 1. The fraction of sp³-hybridized carbons (Fsp3) is 0.217. The zero-order chi connectivity index (χ0) is 23.3. The van der Waals surface area contributed by atoms with Gasteiger partial charge in [-0.2, -0.15) is 0 Å². The molecular weight excluding hydrogens is 419 g/mol. The molecule has 1 N–H and O–H groups in total. The van der Waals surface area contributed by atoms with Crippen molar-refractivity contribution in [1.82, 2.24) is 4.90 Å². The molecule has 0 radical (unpaired) electrons. The average molecular weight is 440 g/mol. The quantitative estimate of drug-likeness (QED) is 0.499. The molecule has 1 aliphatic rings. The minimum absolute atomic E-state index is 0.0794. The predicted octanol–water partition coefficient (Wildman–Crippen LogP) is 2.18. The zero-order valence-electron chi connectivity index (χ0n) is 17.2. The first-order valence-corrected chi connectivity index (χ1v) is 9.77. The van der Waals surface area contributed by atoms with Gasteiger partial charge in [0.05, 0.1) is 19.2 Å². The van der Waals surface area contributed by atoms with Gasteiger partial charge in [-0.25, -0.2) is 14.1 Å². The second-order valence-corrected chi connectivity index (χ2v) is 7.07. The van der Waals surface area contributed by atoms with Crippen molar-refractivity contribution in [2.75, 3.05) is 18.6 Å². The van der Waals surface area contributed by atoms with Crippen LogP contribution in [0.5, 0.6) is 5.75 Å². The van der Waals surface area contributed by atoms with Crippen LogP contribution in [-0.4, -0.2) is 53.4 Å². The molecule has 0 aromatic heterocycles. The Balaban J connectivity index is 1.83. The van der Waals surface area contributed by atoms with Crippen LogP contribution in [0.25, 0.3) is 0 Å². The summed E-state index contributed by atoms with van der Waals surface area (Å²) in [6, 6.07) is 10.9. The molecule has 1 aliphatic heterocycles. The van der Waals surface area contributed by atoms with E-state index in [1.54, 1.807) is 31.4 Å². The van der Waals surface area contributed by atoms with Crippen molar-refractivity contribution in [3.05, 3.63) is 72.1 Å². The van der Waals surface area contributed by atoms with Crippen LogP contribution in [0.1, 0.15) is 12.0 Å². The number of anilines is 1. The molecule has 0 bridgehead atoms. The number of aliphatic carboxylic acids is 1. The predicted molar refractivity (Wildman–Crippen MR) is 112 cm³/mol. The van der Waals surface area contributed by atoms with Gasteiger partial charge < -0.3 is 14.7 Å². The summed E-state index contributed by atoms with van der Waals surface area (Å²) in [4.78, 5) is 51.3. The largest absolute Gasteiger partial charge is 0.497 e. The number of benzene rings is 2. The van der Waals surface area contributed by atoms with E-state index in [0.717, 1.165) is 28.7 Å². The molecule has 0 spiro atoms. The summed E-state index contributed by atoms with van der Waals surface area (Å²) in [6.07, 6.45) is 1.65. The number of imide groups is 1. The summed E-state index contributed by atoms with van der Waals surface area (Å²) < 4.78 is 18.3. The van der Waals surface area contributed by atoms with Crippen molar-refractivity contribution < 1.29 is 33.4 Å². The van der Waals surface area contributed by atoms with Gasteiger partial charge >= 0.3 is 5.97 Å². The first-order chi connectivity index (χ1) is 15.3. The van der Waals surface area contributed by atoms with Gasteiger partial charge in [0.2, 0.25) is 11.8 Å². The number of rotatable bonds is 8. The highest BCUT2D eigenvalue weighted by molar-refractivity contribution is 6.23. The standard InChI is InChI=1S/C23H21FN2O6/c1-32-18-8-2-15(3-9-18)12-13-25(20(27)10-11-22(29)30)19-14-21(28)26(23(19)31)17-6-4-16(24)5-7-17/h2-11,19H,12-14H2,1H3,(H,29,30)/b11-10-/t19-/m0/s1. The maximum Gasteiger partial charge on any atom is 0.328 e. The third kappa shape index (κ3) is 5.18. The first kappa shape index (κ1) is 22.7. The number of amides is 3. The van der Waals surface area contributed by atoms with Crippen molar-refractivity contribution in [1.29, 1.82) is 0 Å². The third-order valence-corrected chi connectivity index (χ3v) is 5.04. The van der Waals surface area contributed by atoms with Crippen LogP contribution in [0.2, 0.25) is 0 Å². The maximum absolute atomic E-state index is 13.2. The van der Waals surface area contributed by atoms with E-state index < -0.39 is 35.5 Å². The minimum Gasteiger partial charge on any atom is -0.497 e. The number of nitrogens with zero attached hydrogens (tertiary/aromatic N) is 2. The number of carboxylic acid groups (broad SMARTS) is 1. The van der Waals surface area contributed by atoms with Crippen molar-refractivity contribution in [3.8, 4) is 5.75 Å². The normalized spacial score (nSPS) is 15.9. The molecule has 1 heterocycles. The van der Waals surface area contributed by atoms with Crippen molar-refractivity contribution in [3.63, 3.8) is 0 Å². The summed E-state index contributed by atoms with van der Waals surface area (Å²) in [5.41, 5.74) is 1.06. The number of halogens is 1. The lowest BCUT2D eigenvalue weighted by molar-refractivity contribution is -0.135. The van der Waals surface area contributed by atoms with Crippen LogP contribution in [-0.2, 0) is 25.6 Å². The van der Waals surface area contributed by atoms with E-state index >= 15 is 0 Å². The SMILES string of the molecule is COc1ccc(CCN(C(=O)/C=C\C(=O)O)[C@H]2CC(=O)N(c3ccc(F)cc3)C2=O)cc1. The van der Waals surface area contributed by atoms with Crippen molar-refractivity contribution in [2.24, 2.45) is 0 Å². The Hall–Kier alpha value is -4.01. The molecule has 8 nitrogen and oxygen atoms in total. The maximum atomic E-state index is 13.2. The van der Waals surface area contributed by atoms with Crippen LogP contribution < -0.4 is 9.64 Å². The summed E-state index contributed by atoms with van der Waals surface area (Å²) in [5.74, 6) is -3.02. The summed E-state index contributed by atoms with van der Waals surface area (Å²) >= 11 is 0. The Morgan fingerprint density at radius 3 is 2.38 bits per heavy atom. The molecule has 166 valence electrons. The van der Waals surface area contributed by atoms with E-state index in [4.69, 9.17) is 9.84 Å². The van der Waals surface area contributed by atoms with E-state index in [1.807, 2.05) is 0 Å². The van der Waals surface area contributed by atoms with Crippen LogP contribution in [0, 0.1) is 5.82 Å². The van der Waals surface area contributed by atoms with Gasteiger partial charge in [-0.3, -0.25) is 14.4 Å². The molecule has 0 saturated carbocycles. The van der Waals surface area contributed by atoms with E-state index in [9.17, 15) is 23.6 Å². The Labute approximate surface area is 183 Å². The molecule has 2 aromatic rings. The lowest BCUT2D eigenvalue weighted by Gasteiger charge is -2.26. The highest BCUT2D eigenvalue weighted by atomic mass is 19.1. The second-order valence-electron chi connectivity index (χ2n) is 7.07. The van der Waals surface area contributed by atoms with E-state index in [-0.39, 0.29) is 18.7 Å². The lowest BCUT2D eigenvalue weighted by atomic mass is 10.1. The molecule has 0 unspecified atom stereocenters. The number of ether oxygens (including phenoxy) is 1. The van der Waals surface area contributed by atoms with Crippen LogP contribution in [0.15, 0.2) is 60.7 Å². The molecule has 1 atom stereocenters. The molecule has 2 aromatic carbocycles. The summed E-state index contributed by atoms with van der Waals surface area (Å²) in [7, 11) is 1.54. The highest BCUT2D eigenvalue weighted by Crippen LogP contribution is 2.26. The van der Waals surface area contributed by atoms with Gasteiger partial charge in [0.25, 0.3) is 5.91 Å². The van der Waals surface area contributed by atoms with Gasteiger partial charge in [0.15, 0.2) is 0 Å². The molecule has 1 saturated heterocycles. The molecule has 3 rings (SSSR count). The van der Waals surface area contributed by atoms with E-state index in [1.165, 1.54) is 17.0 Å². The van der Waals surface area contributed by atoms with Gasteiger partial charge in [0.1, 0.15) is 17.6 Å². The number of carbonyl (C=O) groups is 4. The van der Waals surface area contributed by atoms with Crippen molar-refractivity contribution >= 4 is 29.4 Å². The Bertz CT molecular complexity index is 1050. The van der Waals surface area contributed by atoms with E-state index in [2.05, 4.69) is 0 Å². The molecule has 3 amide bonds. The fourth-order valence-corrected chi connectivity index (χ4v) is 3.42. The van der Waals surface area contributed by atoms with Crippen LogP contribution in [0.4, 0.5) is 10.1 Å². The molecule has 32 heavy (non-hydrogen) atoms. The van der Waals surface area contributed by atoms with E-state index in [0.29, 0.717) is 18.2 Å². The van der Waals surface area contributed by atoms with Gasteiger partial charge in [-0.1, -0.05) is 12.1 Å². The van der Waals surface area contributed by atoms with Gasteiger partial charge in [0, 0.05) is 18.7 Å². The number of carboxylic acids is 1. The monoisotopic (exact) mass is 440 g/mol. The van der Waals surface area contributed by atoms with Crippen LogP contribution in [0.3, 0.4) is 0 Å². The third-order valence-electron chi connectivity index (χ3n) is 5.04. The number of hydrogen-bond acceptors (Lipinski definition) is 5. The average Bonchev–Trinajstić information content (AvgIpc) is 3.07. The van der Waals surface area contributed by atoms with Crippen LogP contribution >= 0.6 is 0 Å². The Kier molecular flexibility index (Phi) is 6.99. The minimum atomic E-state index is -1.31. The number of hydrogen-bond donors (Lipinski definition) is 1. The smallest absolute Gasteiger partial charge is 0.328 e. The molecule has 1 fully saturated rings.